The van der Waals surface area contributed by atoms with Gasteiger partial charge >= 0.3 is 6.55 Å². The topological polar surface area (TPSA) is 59.8 Å². The predicted octanol–water partition coefficient (Wildman–Crippen LogP) is 5.12. The van der Waals surface area contributed by atoms with Crippen molar-refractivity contribution in [2.24, 2.45) is 0 Å². The number of thiazole rings is 1. The number of nitrogens with zero attached hydrogens (tertiary/aromatic N) is 3. The summed E-state index contributed by atoms with van der Waals surface area (Å²) in [6, 6.07) is 14.6. The Morgan fingerprint density at radius 3 is 2.63 bits per heavy atom. The minimum absolute atomic E-state index is 0.0686. The number of benzene rings is 2. The van der Waals surface area contributed by atoms with Crippen LogP contribution in [0.5, 0.6) is 0 Å². The Kier molecular flexibility index (Phi) is 4.41. The molecular formula is C19H14F2N4OS. The van der Waals surface area contributed by atoms with Gasteiger partial charge in [0.1, 0.15) is 5.01 Å². The summed E-state index contributed by atoms with van der Waals surface area (Å²) < 4.78 is 26.6. The lowest BCUT2D eigenvalue weighted by Gasteiger charge is -2.04. The van der Waals surface area contributed by atoms with E-state index < -0.39 is 12.5 Å². The quantitative estimate of drug-likeness (QED) is 0.532. The van der Waals surface area contributed by atoms with Crippen molar-refractivity contribution in [2.45, 2.75) is 13.5 Å². The highest BCUT2D eigenvalue weighted by Crippen LogP contribution is 2.31. The molecule has 27 heavy (non-hydrogen) atoms. The van der Waals surface area contributed by atoms with Crippen molar-refractivity contribution in [3.8, 4) is 10.6 Å². The van der Waals surface area contributed by atoms with Gasteiger partial charge in [0, 0.05) is 17.4 Å². The van der Waals surface area contributed by atoms with Crippen LogP contribution < -0.4 is 5.32 Å². The number of nitrogens with one attached hydrogen (secondary N) is 1. The highest BCUT2D eigenvalue weighted by atomic mass is 32.1. The van der Waals surface area contributed by atoms with Crippen molar-refractivity contribution in [1.29, 1.82) is 0 Å². The molecule has 2 aromatic heterocycles. The van der Waals surface area contributed by atoms with Gasteiger partial charge < -0.3 is 5.32 Å². The normalized spacial score (nSPS) is 11.3. The zero-order chi connectivity index (χ0) is 19.0. The van der Waals surface area contributed by atoms with Crippen LogP contribution in [-0.4, -0.2) is 20.7 Å². The van der Waals surface area contributed by atoms with Crippen LogP contribution in [0.4, 0.5) is 14.5 Å². The fourth-order valence-corrected chi connectivity index (χ4v) is 3.68. The summed E-state index contributed by atoms with van der Waals surface area (Å²) in [6.07, 6.45) is 1.07. The molecule has 1 N–H and O–H groups in total. The van der Waals surface area contributed by atoms with Gasteiger partial charge in [-0.05, 0) is 55.0 Å². The Bertz CT molecular complexity index is 1120. The first-order valence-corrected chi connectivity index (χ1v) is 8.93. The van der Waals surface area contributed by atoms with E-state index in [1.165, 1.54) is 11.6 Å². The maximum atomic E-state index is 12.5. The molecule has 0 unspecified atom stereocenters. The maximum absolute atomic E-state index is 12.5. The highest BCUT2D eigenvalue weighted by Gasteiger charge is 2.14. The van der Waals surface area contributed by atoms with Gasteiger partial charge in [-0.25, -0.2) is 9.67 Å². The molecule has 4 rings (SSSR count). The zero-order valence-corrected chi connectivity index (χ0v) is 15.0. The molecule has 136 valence electrons. The van der Waals surface area contributed by atoms with Gasteiger partial charge in [-0.15, -0.1) is 11.3 Å². The molecule has 1 amide bonds. The minimum Gasteiger partial charge on any atom is -0.321 e. The van der Waals surface area contributed by atoms with Crippen LogP contribution in [0.2, 0.25) is 0 Å². The van der Waals surface area contributed by atoms with E-state index >= 15 is 0 Å². The molecule has 2 heterocycles. The number of carbonyl (C=O) groups excluding carboxylic acids is 1. The summed E-state index contributed by atoms with van der Waals surface area (Å²) in [5.74, 6) is -0.544. The van der Waals surface area contributed by atoms with Crippen molar-refractivity contribution >= 4 is 33.1 Å². The fourth-order valence-electron chi connectivity index (χ4n) is 2.61. The number of rotatable bonds is 4. The van der Waals surface area contributed by atoms with E-state index in [1.807, 2.05) is 31.2 Å². The van der Waals surface area contributed by atoms with E-state index in [-0.39, 0.29) is 5.69 Å². The number of aromatic nitrogens is 3. The lowest BCUT2D eigenvalue weighted by Crippen LogP contribution is -2.13. The Morgan fingerprint density at radius 2 is 1.93 bits per heavy atom. The van der Waals surface area contributed by atoms with Crippen molar-refractivity contribution in [1.82, 2.24) is 14.8 Å². The second-order valence-electron chi connectivity index (χ2n) is 5.98. The van der Waals surface area contributed by atoms with Crippen LogP contribution in [0.15, 0.2) is 54.7 Å². The van der Waals surface area contributed by atoms with Gasteiger partial charge in [0.25, 0.3) is 5.91 Å². The molecule has 0 saturated carbocycles. The number of amides is 1. The summed E-state index contributed by atoms with van der Waals surface area (Å²) in [5.41, 5.74) is 3.56. The van der Waals surface area contributed by atoms with Gasteiger partial charge in [0.15, 0.2) is 5.69 Å². The minimum atomic E-state index is -2.77. The van der Waals surface area contributed by atoms with Crippen LogP contribution in [0, 0.1) is 6.92 Å². The maximum Gasteiger partial charge on any atom is 0.333 e. The number of hydrogen-bond acceptors (Lipinski definition) is 4. The Morgan fingerprint density at radius 1 is 1.15 bits per heavy atom. The van der Waals surface area contributed by atoms with Crippen LogP contribution >= 0.6 is 11.3 Å². The SMILES string of the molecule is Cc1ccc2nc(-c3ccc(NC(=O)c4ccn(C(F)F)n4)cc3)sc2c1. The summed E-state index contributed by atoms with van der Waals surface area (Å²) in [4.78, 5) is 16.7. The summed E-state index contributed by atoms with van der Waals surface area (Å²) >= 11 is 1.60. The molecule has 0 atom stereocenters. The summed E-state index contributed by atoms with van der Waals surface area (Å²) in [5, 5.41) is 7.09. The monoisotopic (exact) mass is 384 g/mol. The second-order valence-corrected chi connectivity index (χ2v) is 7.01. The lowest BCUT2D eigenvalue weighted by molar-refractivity contribution is 0.0561. The molecule has 0 spiro atoms. The number of anilines is 1. The first kappa shape index (κ1) is 17.3. The summed E-state index contributed by atoms with van der Waals surface area (Å²) in [6.45, 7) is -0.732. The predicted molar refractivity (Wildman–Crippen MR) is 101 cm³/mol. The molecule has 0 saturated heterocycles. The standard InChI is InChI=1S/C19H14F2N4OS/c1-11-2-7-14-16(10-11)27-18(23-14)12-3-5-13(6-4-12)22-17(26)15-8-9-25(24-15)19(20)21/h2-10,19H,1H3,(H,22,26). The Labute approximate surface area is 157 Å². The van der Waals surface area contributed by atoms with Gasteiger partial charge in [-0.2, -0.15) is 13.9 Å². The van der Waals surface area contributed by atoms with Crippen LogP contribution in [-0.2, 0) is 0 Å². The molecule has 0 aliphatic rings. The largest absolute Gasteiger partial charge is 0.333 e. The Hall–Kier alpha value is -3.13. The third-order valence-corrected chi connectivity index (χ3v) is 5.04. The second kappa shape index (κ2) is 6.88. The molecule has 4 aromatic rings. The molecule has 0 bridgehead atoms. The van der Waals surface area contributed by atoms with Gasteiger partial charge in [0.2, 0.25) is 0 Å². The van der Waals surface area contributed by atoms with E-state index in [2.05, 4.69) is 21.5 Å². The van der Waals surface area contributed by atoms with Crippen LogP contribution in [0.25, 0.3) is 20.8 Å². The lowest BCUT2D eigenvalue weighted by atomic mass is 10.2. The van der Waals surface area contributed by atoms with Gasteiger partial charge in [-0.1, -0.05) is 6.07 Å². The number of aryl methyl sites for hydroxylation is 1. The first-order valence-electron chi connectivity index (χ1n) is 8.12. The number of halogens is 2. The van der Waals surface area contributed by atoms with Crippen molar-refractivity contribution < 1.29 is 13.6 Å². The van der Waals surface area contributed by atoms with Crippen LogP contribution in [0.3, 0.4) is 0 Å². The average Bonchev–Trinajstić information content (AvgIpc) is 3.29. The van der Waals surface area contributed by atoms with Crippen molar-refractivity contribution in [2.75, 3.05) is 5.32 Å². The van der Waals surface area contributed by atoms with Crippen molar-refractivity contribution in [3.63, 3.8) is 0 Å². The number of fused-ring (bicyclic) bond motifs is 1. The zero-order valence-electron chi connectivity index (χ0n) is 14.2. The van der Waals surface area contributed by atoms with Crippen molar-refractivity contribution in [3.05, 3.63) is 66.0 Å². The van der Waals surface area contributed by atoms with E-state index in [0.717, 1.165) is 27.0 Å². The molecule has 0 aliphatic carbocycles. The van der Waals surface area contributed by atoms with E-state index in [9.17, 15) is 13.6 Å². The number of carbonyl (C=O) groups is 1. The smallest absolute Gasteiger partial charge is 0.321 e. The van der Waals surface area contributed by atoms with E-state index in [0.29, 0.717) is 10.4 Å². The molecule has 5 nitrogen and oxygen atoms in total. The molecule has 2 aromatic carbocycles. The molecule has 0 fully saturated rings. The highest BCUT2D eigenvalue weighted by molar-refractivity contribution is 7.21. The first-order chi connectivity index (χ1) is 13.0. The van der Waals surface area contributed by atoms with E-state index in [4.69, 9.17) is 0 Å². The fraction of sp³-hybridized carbons (Fsp3) is 0.105. The molecule has 8 heteroatoms. The average molecular weight is 384 g/mol. The summed E-state index contributed by atoms with van der Waals surface area (Å²) in [7, 11) is 0. The third kappa shape index (κ3) is 3.56. The number of alkyl halides is 2. The van der Waals surface area contributed by atoms with Gasteiger partial charge in [-0.3, -0.25) is 4.79 Å². The van der Waals surface area contributed by atoms with E-state index in [1.54, 1.807) is 23.5 Å². The Balaban J connectivity index is 1.51. The third-order valence-electron chi connectivity index (χ3n) is 3.97. The molecule has 0 aliphatic heterocycles. The van der Waals surface area contributed by atoms with Gasteiger partial charge in [0.05, 0.1) is 10.2 Å². The number of hydrogen-bond donors (Lipinski definition) is 1. The molecule has 0 radical (unpaired) electrons. The van der Waals surface area contributed by atoms with Crippen LogP contribution in [0.1, 0.15) is 22.6 Å². The molecular weight excluding hydrogens is 370 g/mol.